The van der Waals surface area contributed by atoms with Crippen LogP contribution in [0, 0.1) is 0 Å². The van der Waals surface area contributed by atoms with Gasteiger partial charge in [-0.1, -0.05) is 0 Å². The molecule has 0 unspecified atom stereocenters. The Morgan fingerprint density at radius 1 is 1.89 bits per heavy atom. The number of aromatic amines is 1. The van der Waals surface area contributed by atoms with Gasteiger partial charge in [0.1, 0.15) is 0 Å². The minimum Gasteiger partial charge on any atom is -0.468 e. The highest BCUT2D eigenvalue weighted by atomic mass is 16.5. The molecule has 0 atom stereocenters. The SMILES string of the molecule is COc1nc(CO)c[nH]1. The summed E-state index contributed by atoms with van der Waals surface area (Å²) in [5, 5.41) is 8.51. The quantitative estimate of drug-likeness (QED) is 0.585. The molecule has 0 bridgehead atoms. The maximum atomic E-state index is 8.51. The third-order valence-electron chi connectivity index (χ3n) is 0.963. The van der Waals surface area contributed by atoms with E-state index in [1.54, 1.807) is 6.20 Å². The van der Waals surface area contributed by atoms with Crippen LogP contribution in [0.25, 0.3) is 0 Å². The van der Waals surface area contributed by atoms with Crippen molar-refractivity contribution in [3.8, 4) is 6.01 Å². The Bertz CT molecular complexity index is 166. The number of ether oxygens (including phenoxy) is 1. The third kappa shape index (κ3) is 1.20. The Balaban J connectivity index is 2.74. The van der Waals surface area contributed by atoms with E-state index < -0.39 is 0 Å². The second kappa shape index (κ2) is 2.50. The predicted molar refractivity (Wildman–Crippen MR) is 31.1 cm³/mol. The number of rotatable bonds is 2. The first kappa shape index (κ1) is 6.10. The van der Waals surface area contributed by atoms with Crippen LogP contribution in [0.5, 0.6) is 6.01 Å². The van der Waals surface area contributed by atoms with E-state index in [-0.39, 0.29) is 6.61 Å². The standard InChI is InChI=1S/C5H8N2O2/c1-9-5-6-2-4(3-8)7-5/h2,8H,3H2,1H3,(H,6,7). The molecule has 0 fully saturated rings. The van der Waals surface area contributed by atoms with E-state index in [4.69, 9.17) is 9.84 Å². The van der Waals surface area contributed by atoms with Crippen LogP contribution >= 0.6 is 0 Å². The summed E-state index contributed by atoms with van der Waals surface area (Å²) in [7, 11) is 1.51. The van der Waals surface area contributed by atoms with Crippen molar-refractivity contribution in [2.45, 2.75) is 6.61 Å². The number of nitrogens with one attached hydrogen (secondary N) is 1. The Hall–Kier alpha value is -1.03. The molecular formula is C5H8N2O2. The van der Waals surface area contributed by atoms with Crippen molar-refractivity contribution in [3.63, 3.8) is 0 Å². The number of nitrogens with zero attached hydrogens (tertiary/aromatic N) is 1. The van der Waals surface area contributed by atoms with Crippen LogP contribution in [-0.4, -0.2) is 22.2 Å². The summed E-state index contributed by atoms with van der Waals surface area (Å²) in [6, 6.07) is 0.430. The van der Waals surface area contributed by atoms with Gasteiger partial charge in [0.15, 0.2) is 0 Å². The highest BCUT2D eigenvalue weighted by Crippen LogP contribution is 2.02. The molecule has 0 aromatic carbocycles. The molecule has 1 rings (SSSR count). The maximum Gasteiger partial charge on any atom is 0.293 e. The van der Waals surface area contributed by atoms with Gasteiger partial charge in [-0.05, 0) is 0 Å². The topological polar surface area (TPSA) is 58.1 Å². The number of hydrogen-bond acceptors (Lipinski definition) is 3. The van der Waals surface area contributed by atoms with Gasteiger partial charge < -0.3 is 14.8 Å². The molecule has 2 N–H and O–H groups in total. The van der Waals surface area contributed by atoms with E-state index in [0.29, 0.717) is 11.7 Å². The van der Waals surface area contributed by atoms with Crippen molar-refractivity contribution in [1.29, 1.82) is 0 Å². The van der Waals surface area contributed by atoms with E-state index in [2.05, 4.69) is 9.97 Å². The molecular weight excluding hydrogens is 120 g/mol. The van der Waals surface area contributed by atoms with Crippen LogP contribution in [0.1, 0.15) is 5.69 Å². The fraction of sp³-hybridized carbons (Fsp3) is 0.400. The van der Waals surface area contributed by atoms with Crippen LogP contribution in [0.15, 0.2) is 6.20 Å². The van der Waals surface area contributed by atoms with Crippen molar-refractivity contribution in [2.75, 3.05) is 7.11 Å². The lowest BCUT2D eigenvalue weighted by Crippen LogP contribution is -1.85. The van der Waals surface area contributed by atoms with Gasteiger partial charge in [-0.3, -0.25) is 0 Å². The number of hydrogen-bond donors (Lipinski definition) is 2. The number of H-pyrrole nitrogens is 1. The number of aliphatic hydroxyl groups excluding tert-OH is 1. The molecule has 0 saturated carbocycles. The average Bonchev–Trinajstić information content (AvgIpc) is 2.34. The number of aliphatic hydroxyl groups is 1. The summed E-state index contributed by atoms with van der Waals surface area (Å²) < 4.78 is 4.72. The average molecular weight is 128 g/mol. The van der Waals surface area contributed by atoms with E-state index in [0.717, 1.165) is 0 Å². The first-order chi connectivity index (χ1) is 4.36. The first-order valence-corrected chi connectivity index (χ1v) is 2.56. The zero-order valence-corrected chi connectivity index (χ0v) is 5.09. The van der Waals surface area contributed by atoms with Gasteiger partial charge in [-0.15, -0.1) is 0 Å². The van der Waals surface area contributed by atoms with Gasteiger partial charge in [0.25, 0.3) is 6.01 Å². The van der Waals surface area contributed by atoms with Crippen LogP contribution < -0.4 is 4.74 Å². The predicted octanol–water partition coefficient (Wildman–Crippen LogP) is -0.0894. The highest BCUT2D eigenvalue weighted by molar-refractivity contribution is 5.03. The summed E-state index contributed by atoms with van der Waals surface area (Å²) in [6.07, 6.45) is 1.60. The molecule has 0 aliphatic heterocycles. The molecule has 1 aromatic rings. The molecule has 9 heavy (non-hydrogen) atoms. The molecule has 0 saturated heterocycles. The third-order valence-corrected chi connectivity index (χ3v) is 0.963. The minimum atomic E-state index is -0.0557. The van der Waals surface area contributed by atoms with Gasteiger partial charge in [-0.2, -0.15) is 4.98 Å². The van der Waals surface area contributed by atoms with E-state index in [1.165, 1.54) is 7.11 Å². The molecule has 0 amide bonds. The molecule has 50 valence electrons. The highest BCUT2D eigenvalue weighted by Gasteiger charge is 1.96. The van der Waals surface area contributed by atoms with E-state index in [9.17, 15) is 0 Å². The Morgan fingerprint density at radius 2 is 2.67 bits per heavy atom. The van der Waals surface area contributed by atoms with Crippen LogP contribution in [0.2, 0.25) is 0 Å². The number of imidazole rings is 1. The smallest absolute Gasteiger partial charge is 0.293 e. The van der Waals surface area contributed by atoms with Gasteiger partial charge in [0, 0.05) is 6.20 Å². The normalized spacial score (nSPS) is 9.56. The molecule has 1 heterocycles. The van der Waals surface area contributed by atoms with Crippen molar-refractivity contribution < 1.29 is 9.84 Å². The fourth-order valence-electron chi connectivity index (χ4n) is 0.526. The lowest BCUT2D eigenvalue weighted by molar-refractivity contribution is 0.276. The lowest BCUT2D eigenvalue weighted by atomic mass is 10.5. The first-order valence-electron chi connectivity index (χ1n) is 2.56. The molecule has 0 radical (unpaired) electrons. The summed E-state index contributed by atoms with van der Waals surface area (Å²) in [5.74, 6) is 0. The minimum absolute atomic E-state index is 0.0557. The lowest BCUT2D eigenvalue weighted by Gasteiger charge is -1.87. The van der Waals surface area contributed by atoms with Crippen LogP contribution in [0.3, 0.4) is 0 Å². The van der Waals surface area contributed by atoms with Crippen molar-refractivity contribution in [3.05, 3.63) is 11.9 Å². The number of methoxy groups -OCH3 is 1. The van der Waals surface area contributed by atoms with Crippen LogP contribution in [0.4, 0.5) is 0 Å². The molecule has 0 aliphatic rings. The molecule has 1 aromatic heterocycles. The Morgan fingerprint density at radius 3 is 3.00 bits per heavy atom. The van der Waals surface area contributed by atoms with Gasteiger partial charge in [0.05, 0.1) is 19.4 Å². The summed E-state index contributed by atoms with van der Waals surface area (Å²) in [6.45, 7) is -0.0557. The largest absolute Gasteiger partial charge is 0.468 e. The van der Waals surface area contributed by atoms with Crippen molar-refractivity contribution >= 4 is 0 Å². The second-order valence-corrected chi connectivity index (χ2v) is 1.56. The molecule has 0 aliphatic carbocycles. The summed E-state index contributed by atoms with van der Waals surface area (Å²) >= 11 is 0. The molecule has 4 heteroatoms. The van der Waals surface area contributed by atoms with E-state index >= 15 is 0 Å². The van der Waals surface area contributed by atoms with Gasteiger partial charge in [0.2, 0.25) is 0 Å². The monoisotopic (exact) mass is 128 g/mol. The second-order valence-electron chi connectivity index (χ2n) is 1.56. The molecule has 0 spiro atoms. The van der Waals surface area contributed by atoms with Crippen molar-refractivity contribution in [1.82, 2.24) is 9.97 Å². The zero-order chi connectivity index (χ0) is 6.69. The fourth-order valence-corrected chi connectivity index (χ4v) is 0.526. The Labute approximate surface area is 52.5 Å². The van der Waals surface area contributed by atoms with Gasteiger partial charge >= 0.3 is 0 Å². The van der Waals surface area contributed by atoms with Crippen molar-refractivity contribution in [2.24, 2.45) is 0 Å². The summed E-state index contributed by atoms with van der Waals surface area (Å²) in [4.78, 5) is 6.53. The zero-order valence-electron chi connectivity index (χ0n) is 5.09. The molecule has 4 nitrogen and oxygen atoms in total. The Kier molecular flexibility index (Phi) is 1.69. The maximum absolute atomic E-state index is 8.51. The van der Waals surface area contributed by atoms with Gasteiger partial charge in [-0.25, -0.2) is 0 Å². The van der Waals surface area contributed by atoms with Crippen LogP contribution in [-0.2, 0) is 6.61 Å². The van der Waals surface area contributed by atoms with E-state index in [1.807, 2.05) is 0 Å². The number of aromatic nitrogens is 2. The summed E-state index contributed by atoms with van der Waals surface area (Å²) in [5.41, 5.74) is 0.590.